The first-order valence-electron chi connectivity index (χ1n) is 24.8. The van der Waals surface area contributed by atoms with E-state index in [2.05, 4.69) is 75.5 Å². The van der Waals surface area contributed by atoms with E-state index in [1.54, 1.807) is 0 Å². The molecule has 0 bridgehead atoms. The molecule has 0 amide bonds. The molecule has 1 unspecified atom stereocenters. The minimum atomic E-state index is -0.566. The van der Waals surface area contributed by atoms with Crippen molar-refractivity contribution in [1.82, 2.24) is 0 Å². The molecule has 0 aliphatic carbocycles. The van der Waals surface area contributed by atoms with Gasteiger partial charge < -0.3 is 14.2 Å². The zero-order valence-corrected chi connectivity index (χ0v) is 38.6. The Morgan fingerprint density at radius 2 is 0.810 bits per heavy atom. The summed E-state index contributed by atoms with van der Waals surface area (Å²) in [6.07, 6.45) is 61.0. The van der Waals surface area contributed by atoms with Gasteiger partial charge in [-0.05, 0) is 70.6 Å². The van der Waals surface area contributed by atoms with Crippen LogP contribution in [0.1, 0.15) is 239 Å². The highest BCUT2D eigenvalue weighted by Crippen LogP contribution is 2.15. The summed E-state index contributed by atoms with van der Waals surface area (Å²) in [6.45, 7) is 7.63. The Morgan fingerprint density at radius 3 is 1.33 bits per heavy atom. The maximum atomic E-state index is 12.8. The summed E-state index contributed by atoms with van der Waals surface area (Å²) in [4.78, 5) is 25.3. The molecular weight excluding hydrogens is 717 g/mol. The summed E-state index contributed by atoms with van der Waals surface area (Å²) in [6, 6.07) is 0. The number of rotatable bonds is 45. The van der Waals surface area contributed by atoms with Crippen molar-refractivity contribution >= 4 is 11.9 Å². The lowest BCUT2D eigenvalue weighted by molar-refractivity contribution is -0.162. The van der Waals surface area contributed by atoms with Crippen LogP contribution in [0.15, 0.2) is 60.8 Å². The highest BCUT2D eigenvalue weighted by Gasteiger charge is 2.17. The molecule has 0 saturated carbocycles. The van der Waals surface area contributed by atoms with Gasteiger partial charge in [0.25, 0.3) is 0 Å². The molecule has 0 heterocycles. The first-order valence-corrected chi connectivity index (χ1v) is 24.8. The second kappa shape index (κ2) is 49.0. The number of hydrogen-bond donors (Lipinski definition) is 0. The predicted octanol–water partition coefficient (Wildman–Crippen LogP) is 16.6. The van der Waals surface area contributed by atoms with E-state index in [4.69, 9.17) is 14.2 Å². The summed E-state index contributed by atoms with van der Waals surface area (Å²) in [7, 11) is 0. The fourth-order valence-electron chi connectivity index (χ4n) is 6.87. The molecule has 0 aliphatic heterocycles. The molecule has 0 saturated heterocycles. The highest BCUT2D eigenvalue weighted by molar-refractivity contribution is 5.70. The minimum absolute atomic E-state index is 0.0455. The zero-order valence-electron chi connectivity index (χ0n) is 38.6. The summed E-state index contributed by atoms with van der Waals surface area (Å²) < 4.78 is 17.3. The SMILES string of the molecule is CC/C=C\C/C=C\C/C=C\C/C=C\CCC(=O)OCC(COCCCCCCCCCCCCCCCCCC)OC(=O)CCCCCCC/C=C\CCCCCC. The van der Waals surface area contributed by atoms with Gasteiger partial charge in [-0.3, -0.25) is 9.59 Å². The number of unbranched alkanes of at least 4 members (excludes halogenated alkanes) is 24. The Kier molecular flexibility index (Phi) is 46.9. The Hall–Kier alpha value is -2.40. The highest BCUT2D eigenvalue weighted by atomic mass is 16.6. The minimum Gasteiger partial charge on any atom is -0.462 e. The van der Waals surface area contributed by atoms with Crippen molar-refractivity contribution in [2.45, 2.75) is 245 Å². The van der Waals surface area contributed by atoms with Crippen molar-refractivity contribution in [1.29, 1.82) is 0 Å². The van der Waals surface area contributed by atoms with Gasteiger partial charge in [-0.1, -0.05) is 216 Å². The number of hydrogen-bond acceptors (Lipinski definition) is 5. The molecule has 0 aliphatic rings. The van der Waals surface area contributed by atoms with Crippen molar-refractivity contribution in [3.05, 3.63) is 60.8 Å². The van der Waals surface area contributed by atoms with E-state index < -0.39 is 6.10 Å². The second-order valence-electron chi connectivity index (χ2n) is 16.3. The molecular formula is C53H94O5. The van der Waals surface area contributed by atoms with E-state index in [0.29, 0.717) is 25.9 Å². The molecule has 1 atom stereocenters. The molecule has 0 rings (SSSR count). The maximum Gasteiger partial charge on any atom is 0.306 e. The van der Waals surface area contributed by atoms with Crippen LogP contribution in [0.25, 0.3) is 0 Å². The normalized spacial score (nSPS) is 12.7. The number of esters is 2. The summed E-state index contributed by atoms with van der Waals surface area (Å²) in [5.41, 5.74) is 0. The van der Waals surface area contributed by atoms with E-state index in [-0.39, 0.29) is 25.2 Å². The first kappa shape index (κ1) is 55.6. The van der Waals surface area contributed by atoms with Gasteiger partial charge in [0.2, 0.25) is 0 Å². The largest absolute Gasteiger partial charge is 0.462 e. The van der Waals surface area contributed by atoms with Crippen molar-refractivity contribution < 1.29 is 23.8 Å². The van der Waals surface area contributed by atoms with Crippen LogP contribution < -0.4 is 0 Å². The quantitative estimate of drug-likeness (QED) is 0.0348. The van der Waals surface area contributed by atoms with Crippen LogP contribution in [-0.2, 0) is 23.8 Å². The summed E-state index contributed by atoms with van der Waals surface area (Å²) in [5, 5.41) is 0. The van der Waals surface area contributed by atoms with Gasteiger partial charge in [0.1, 0.15) is 6.61 Å². The lowest BCUT2D eigenvalue weighted by Crippen LogP contribution is -2.30. The molecule has 0 radical (unpaired) electrons. The maximum absolute atomic E-state index is 12.8. The third-order valence-corrected chi connectivity index (χ3v) is 10.6. The number of carbonyl (C=O) groups excluding carboxylic acids is 2. The standard InChI is InChI=1S/C53H94O5/c1-4-7-10-13-16-19-22-25-26-27-30-33-36-39-42-45-48-56-49-51(58-53(55)47-44-41-38-35-32-29-24-21-18-15-12-9-6-3)50-57-52(54)46-43-40-37-34-31-28-23-20-17-14-11-8-5-2/h8,11,17,20-21,24,28,31,37,40,51H,4-7,9-10,12-16,18-19,22-23,25-27,29-30,32-36,38-39,41-50H2,1-3H3/b11-8-,20-17-,24-21-,31-28-,40-37-. The van der Waals surface area contributed by atoms with Gasteiger partial charge in [0.05, 0.1) is 6.61 Å². The Labute approximate surface area is 360 Å². The smallest absolute Gasteiger partial charge is 0.306 e. The van der Waals surface area contributed by atoms with E-state index >= 15 is 0 Å². The van der Waals surface area contributed by atoms with Crippen LogP contribution >= 0.6 is 0 Å². The molecule has 0 aromatic rings. The third-order valence-electron chi connectivity index (χ3n) is 10.6. The molecule has 5 nitrogen and oxygen atoms in total. The molecule has 336 valence electrons. The average molecular weight is 811 g/mol. The summed E-state index contributed by atoms with van der Waals surface area (Å²) in [5.74, 6) is -0.495. The molecule has 0 spiro atoms. The van der Waals surface area contributed by atoms with Crippen LogP contribution in [0.4, 0.5) is 0 Å². The van der Waals surface area contributed by atoms with E-state index in [9.17, 15) is 9.59 Å². The number of carbonyl (C=O) groups is 2. The Bertz CT molecular complexity index is 1010. The fourth-order valence-corrected chi connectivity index (χ4v) is 6.87. The topological polar surface area (TPSA) is 61.8 Å². The lowest BCUT2D eigenvalue weighted by Gasteiger charge is -2.18. The van der Waals surface area contributed by atoms with Crippen molar-refractivity contribution in [2.24, 2.45) is 0 Å². The van der Waals surface area contributed by atoms with E-state index in [1.807, 2.05) is 6.08 Å². The second-order valence-corrected chi connectivity index (χ2v) is 16.3. The van der Waals surface area contributed by atoms with Crippen molar-refractivity contribution in [2.75, 3.05) is 19.8 Å². The van der Waals surface area contributed by atoms with E-state index in [0.717, 1.165) is 64.2 Å². The number of allylic oxidation sites excluding steroid dienone is 10. The van der Waals surface area contributed by atoms with Gasteiger partial charge in [0, 0.05) is 19.4 Å². The van der Waals surface area contributed by atoms with Crippen LogP contribution in [0.3, 0.4) is 0 Å². The first-order chi connectivity index (χ1) is 28.6. The van der Waals surface area contributed by atoms with Crippen LogP contribution in [0.5, 0.6) is 0 Å². The Morgan fingerprint density at radius 1 is 0.397 bits per heavy atom. The molecule has 5 heteroatoms. The number of ether oxygens (including phenoxy) is 3. The van der Waals surface area contributed by atoms with Crippen molar-refractivity contribution in [3.63, 3.8) is 0 Å². The lowest BCUT2D eigenvalue weighted by atomic mass is 10.0. The van der Waals surface area contributed by atoms with Crippen LogP contribution in [-0.4, -0.2) is 37.9 Å². The van der Waals surface area contributed by atoms with Crippen LogP contribution in [0.2, 0.25) is 0 Å². The van der Waals surface area contributed by atoms with Gasteiger partial charge >= 0.3 is 11.9 Å². The summed E-state index contributed by atoms with van der Waals surface area (Å²) >= 11 is 0. The predicted molar refractivity (Wildman–Crippen MR) is 251 cm³/mol. The van der Waals surface area contributed by atoms with Gasteiger partial charge in [-0.2, -0.15) is 0 Å². The molecule has 0 aromatic carbocycles. The van der Waals surface area contributed by atoms with Gasteiger partial charge in [-0.15, -0.1) is 0 Å². The molecule has 0 N–H and O–H groups in total. The fraction of sp³-hybridized carbons (Fsp3) is 0.774. The van der Waals surface area contributed by atoms with Crippen molar-refractivity contribution in [3.8, 4) is 0 Å². The van der Waals surface area contributed by atoms with Gasteiger partial charge in [-0.25, -0.2) is 0 Å². The van der Waals surface area contributed by atoms with Crippen LogP contribution in [0, 0.1) is 0 Å². The third kappa shape index (κ3) is 46.3. The molecule has 0 fully saturated rings. The average Bonchev–Trinajstić information content (AvgIpc) is 3.22. The Balaban J connectivity index is 4.33. The molecule has 58 heavy (non-hydrogen) atoms. The van der Waals surface area contributed by atoms with Gasteiger partial charge in [0.15, 0.2) is 6.10 Å². The zero-order chi connectivity index (χ0) is 42.1. The molecule has 0 aromatic heterocycles. The monoisotopic (exact) mass is 811 g/mol. The van der Waals surface area contributed by atoms with E-state index in [1.165, 1.54) is 135 Å².